The molecule has 2 aromatic carbocycles. The minimum absolute atomic E-state index is 0.127. The summed E-state index contributed by atoms with van der Waals surface area (Å²) in [6, 6.07) is 20.9. The van der Waals surface area contributed by atoms with Crippen molar-refractivity contribution in [2.75, 3.05) is 32.0 Å². The van der Waals surface area contributed by atoms with Crippen LogP contribution in [0.4, 0.5) is 0 Å². The van der Waals surface area contributed by atoms with E-state index in [0.717, 1.165) is 51.3 Å². The number of carbonyl (C=O) groups excluding carboxylic acids is 1. The van der Waals surface area contributed by atoms with Crippen molar-refractivity contribution in [3.05, 3.63) is 66.2 Å². The van der Waals surface area contributed by atoms with Crippen LogP contribution < -0.4 is 5.32 Å². The Balaban J connectivity index is 1.18. The quantitative estimate of drug-likeness (QED) is 0.440. The SMILES string of the molecule is O=C(CCSc1ccccc1)NCCCOC1CCN(Cc2ccccc2)CC1. The number of nitrogens with zero attached hydrogens (tertiary/aromatic N) is 1. The molecule has 0 aromatic heterocycles. The maximum Gasteiger partial charge on any atom is 0.220 e. The van der Waals surface area contributed by atoms with E-state index in [0.29, 0.717) is 19.1 Å². The Morgan fingerprint density at radius 1 is 1.03 bits per heavy atom. The van der Waals surface area contributed by atoms with Crippen molar-refractivity contribution >= 4 is 17.7 Å². The van der Waals surface area contributed by atoms with Crippen LogP contribution >= 0.6 is 11.8 Å². The zero-order valence-corrected chi connectivity index (χ0v) is 17.9. The molecule has 1 amide bonds. The van der Waals surface area contributed by atoms with Gasteiger partial charge in [-0.15, -0.1) is 11.8 Å². The number of carbonyl (C=O) groups is 1. The van der Waals surface area contributed by atoms with E-state index in [1.807, 2.05) is 18.2 Å². The molecule has 4 nitrogen and oxygen atoms in total. The van der Waals surface area contributed by atoms with Gasteiger partial charge in [0.25, 0.3) is 0 Å². The van der Waals surface area contributed by atoms with Gasteiger partial charge in [-0.3, -0.25) is 9.69 Å². The van der Waals surface area contributed by atoms with Gasteiger partial charge in [-0.05, 0) is 37.0 Å². The average molecular weight is 413 g/mol. The highest BCUT2D eigenvalue weighted by molar-refractivity contribution is 7.99. The lowest BCUT2D eigenvalue weighted by Gasteiger charge is -2.32. The molecule has 0 saturated carbocycles. The highest BCUT2D eigenvalue weighted by Crippen LogP contribution is 2.18. The fourth-order valence-corrected chi connectivity index (χ4v) is 4.37. The first-order valence-corrected chi connectivity index (χ1v) is 11.6. The fourth-order valence-electron chi connectivity index (χ4n) is 3.49. The molecular formula is C24H32N2O2S. The van der Waals surface area contributed by atoms with Gasteiger partial charge in [0.2, 0.25) is 5.91 Å². The summed E-state index contributed by atoms with van der Waals surface area (Å²) < 4.78 is 6.02. The van der Waals surface area contributed by atoms with Crippen LogP contribution in [-0.2, 0) is 16.1 Å². The van der Waals surface area contributed by atoms with Gasteiger partial charge < -0.3 is 10.1 Å². The van der Waals surface area contributed by atoms with Gasteiger partial charge in [0.15, 0.2) is 0 Å². The molecule has 1 N–H and O–H groups in total. The van der Waals surface area contributed by atoms with Crippen molar-refractivity contribution < 1.29 is 9.53 Å². The van der Waals surface area contributed by atoms with Crippen LogP contribution in [0.5, 0.6) is 0 Å². The fraction of sp³-hybridized carbons (Fsp3) is 0.458. The number of hydrogen-bond donors (Lipinski definition) is 1. The zero-order chi connectivity index (χ0) is 20.2. The third-order valence-electron chi connectivity index (χ3n) is 5.12. The Bertz CT molecular complexity index is 703. The van der Waals surface area contributed by atoms with E-state index in [9.17, 15) is 4.79 Å². The van der Waals surface area contributed by atoms with Crippen molar-refractivity contribution in [2.45, 2.75) is 43.2 Å². The number of nitrogens with one attached hydrogen (secondary N) is 1. The van der Waals surface area contributed by atoms with E-state index < -0.39 is 0 Å². The molecule has 0 radical (unpaired) electrons. The zero-order valence-electron chi connectivity index (χ0n) is 17.1. The Morgan fingerprint density at radius 3 is 2.45 bits per heavy atom. The normalized spacial score (nSPS) is 15.3. The molecule has 0 aliphatic carbocycles. The van der Waals surface area contributed by atoms with Crippen LogP contribution in [0.15, 0.2) is 65.6 Å². The van der Waals surface area contributed by atoms with Crippen molar-refractivity contribution in [1.82, 2.24) is 10.2 Å². The summed E-state index contributed by atoms with van der Waals surface area (Å²) in [4.78, 5) is 15.6. The Kier molecular flexibility index (Phi) is 9.57. The van der Waals surface area contributed by atoms with Crippen LogP contribution in [0, 0.1) is 0 Å². The average Bonchev–Trinajstić information content (AvgIpc) is 2.76. The number of likely N-dealkylation sites (tertiary alicyclic amines) is 1. The summed E-state index contributed by atoms with van der Waals surface area (Å²) >= 11 is 1.72. The molecular weight excluding hydrogens is 380 g/mol. The van der Waals surface area contributed by atoms with Crippen molar-refractivity contribution in [3.63, 3.8) is 0 Å². The third-order valence-corrected chi connectivity index (χ3v) is 6.14. The number of benzene rings is 2. The Hall–Kier alpha value is -1.82. The summed E-state index contributed by atoms with van der Waals surface area (Å²) in [5.74, 6) is 0.941. The van der Waals surface area contributed by atoms with Crippen LogP contribution in [0.1, 0.15) is 31.2 Å². The second kappa shape index (κ2) is 12.7. The van der Waals surface area contributed by atoms with E-state index >= 15 is 0 Å². The summed E-state index contributed by atoms with van der Waals surface area (Å²) in [5, 5.41) is 3.00. The smallest absolute Gasteiger partial charge is 0.220 e. The maximum absolute atomic E-state index is 11.9. The van der Waals surface area contributed by atoms with Crippen molar-refractivity contribution in [2.24, 2.45) is 0 Å². The van der Waals surface area contributed by atoms with E-state index in [2.05, 4.69) is 52.7 Å². The topological polar surface area (TPSA) is 41.6 Å². The van der Waals surface area contributed by atoms with Gasteiger partial charge in [0.05, 0.1) is 6.10 Å². The maximum atomic E-state index is 11.9. The molecule has 1 fully saturated rings. The molecule has 1 aliphatic rings. The first-order valence-electron chi connectivity index (χ1n) is 10.6. The summed E-state index contributed by atoms with van der Waals surface area (Å²) in [7, 11) is 0. The number of thioether (sulfide) groups is 1. The predicted octanol–water partition coefficient (Wildman–Crippen LogP) is 4.36. The Labute approximate surface area is 179 Å². The molecule has 2 aromatic rings. The number of hydrogen-bond acceptors (Lipinski definition) is 4. The highest BCUT2D eigenvalue weighted by Gasteiger charge is 2.19. The number of amides is 1. The minimum Gasteiger partial charge on any atom is -0.378 e. The third kappa shape index (κ3) is 8.60. The first kappa shape index (κ1) is 21.9. The Morgan fingerprint density at radius 2 is 1.72 bits per heavy atom. The van der Waals surface area contributed by atoms with Gasteiger partial charge in [-0.25, -0.2) is 0 Å². The van der Waals surface area contributed by atoms with Crippen molar-refractivity contribution in [1.29, 1.82) is 0 Å². The lowest BCUT2D eigenvalue weighted by Crippen LogP contribution is -2.36. The van der Waals surface area contributed by atoms with Gasteiger partial charge in [0, 0.05) is 49.9 Å². The van der Waals surface area contributed by atoms with Crippen LogP contribution in [0.25, 0.3) is 0 Å². The number of piperidine rings is 1. The summed E-state index contributed by atoms with van der Waals surface area (Å²) in [6.07, 6.45) is 3.98. The molecule has 0 spiro atoms. The van der Waals surface area contributed by atoms with Gasteiger partial charge in [-0.1, -0.05) is 48.5 Å². The standard InChI is InChI=1S/C24H32N2O2S/c27-24(14-19-29-23-10-5-2-6-11-23)25-15-7-18-28-22-12-16-26(17-13-22)20-21-8-3-1-4-9-21/h1-6,8-11,22H,7,12-20H2,(H,25,27). The largest absolute Gasteiger partial charge is 0.378 e. The molecule has 3 rings (SSSR count). The minimum atomic E-state index is 0.127. The molecule has 0 bridgehead atoms. The van der Waals surface area contributed by atoms with Gasteiger partial charge in [-0.2, -0.15) is 0 Å². The highest BCUT2D eigenvalue weighted by atomic mass is 32.2. The lowest BCUT2D eigenvalue weighted by atomic mass is 10.1. The molecule has 1 aliphatic heterocycles. The molecule has 29 heavy (non-hydrogen) atoms. The molecule has 156 valence electrons. The van der Waals surface area contributed by atoms with Gasteiger partial charge in [0.1, 0.15) is 0 Å². The second-order valence-corrected chi connectivity index (χ2v) is 8.62. The van der Waals surface area contributed by atoms with Gasteiger partial charge >= 0.3 is 0 Å². The van der Waals surface area contributed by atoms with Crippen LogP contribution in [-0.4, -0.2) is 48.9 Å². The van der Waals surface area contributed by atoms with E-state index in [-0.39, 0.29) is 5.91 Å². The monoisotopic (exact) mass is 412 g/mol. The summed E-state index contributed by atoms with van der Waals surface area (Å²) in [6.45, 7) is 4.64. The van der Waals surface area contributed by atoms with Crippen LogP contribution in [0.2, 0.25) is 0 Å². The van der Waals surface area contributed by atoms with E-state index in [1.165, 1.54) is 10.5 Å². The molecule has 0 atom stereocenters. The van der Waals surface area contributed by atoms with Crippen LogP contribution in [0.3, 0.4) is 0 Å². The van der Waals surface area contributed by atoms with E-state index in [1.54, 1.807) is 11.8 Å². The van der Waals surface area contributed by atoms with Crippen molar-refractivity contribution in [3.8, 4) is 0 Å². The molecule has 1 saturated heterocycles. The number of rotatable bonds is 11. The second-order valence-electron chi connectivity index (χ2n) is 7.45. The molecule has 0 unspecified atom stereocenters. The first-order chi connectivity index (χ1) is 14.3. The molecule has 1 heterocycles. The summed E-state index contributed by atoms with van der Waals surface area (Å²) in [5.41, 5.74) is 1.38. The molecule has 5 heteroatoms. The predicted molar refractivity (Wildman–Crippen MR) is 120 cm³/mol. The lowest BCUT2D eigenvalue weighted by molar-refractivity contribution is -0.120. The van der Waals surface area contributed by atoms with E-state index in [4.69, 9.17) is 4.74 Å². The number of ether oxygens (including phenoxy) is 1.